The third-order valence-electron chi connectivity index (χ3n) is 6.99. The van der Waals surface area contributed by atoms with Crippen LogP contribution in [0.2, 0.25) is 5.02 Å². The lowest BCUT2D eigenvalue weighted by molar-refractivity contribution is -0.0595. The van der Waals surface area contributed by atoms with Crippen LogP contribution in [0.3, 0.4) is 0 Å². The number of hydrogen-bond donors (Lipinski definition) is 1. The number of imidazole rings is 1. The highest BCUT2D eigenvalue weighted by Crippen LogP contribution is 2.27. The van der Waals surface area contributed by atoms with Gasteiger partial charge in [0.05, 0.1) is 24.9 Å². The Kier molecular flexibility index (Phi) is 7.07. The van der Waals surface area contributed by atoms with Crippen molar-refractivity contribution in [3.05, 3.63) is 82.2 Å². The molecule has 0 bridgehead atoms. The molecule has 1 atom stereocenters. The van der Waals surface area contributed by atoms with Crippen molar-refractivity contribution in [1.82, 2.24) is 19.4 Å². The van der Waals surface area contributed by atoms with Gasteiger partial charge in [0, 0.05) is 42.4 Å². The zero-order valence-corrected chi connectivity index (χ0v) is 21.7. The first-order valence-electron chi connectivity index (χ1n) is 12.7. The van der Waals surface area contributed by atoms with Gasteiger partial charge in [0.15, 0.2) is 0 Å². The minimum absolute atomic E-state index is 0.0572. The molecule has 1 aromatic carbocycles. The summed E-state index contributed by atoms with van der Waals surface area (Å²) in [6.07, 6.45) is 3.95. The average Bonchev–Trinajstić information content (AvgIpc) is 3.45. The topological polar surface area (TPSA) is 103 Å². The predicted molar refractivity (Wildman–Crippen MR) is 141 cm³/mol. The van der Waals surface area contributed by atoms with Crippen molar-refractivity contribution in [1.29, 1.82) is 0 Å². The van der Waals surface area contributed by atoms with Gasteiger partial charge in [-0.15, -0.1) is 0 Å². The number of halogens is 2. The van der Waals surface area contributed by atoms with Crippen molar-refractivity contribution in [2.75, 3.05) is 19.7 Å². The minimum atomic E-state index is -1.12. The highest BCUT2D eigenvalue weighted by molar-refractivity contribution is 6.30. The Labute approximate surface area is 228 Å². The summed E-state index contributed by atoms with van der Waals surface area (Å²) in [5.41, 5.74) is 3.35. The van der Waals surface area contributed by atoms with Gasteiger partial charge >= 0.3 is 5.97 Å². The van der Waals surface area contributed by atoms with Gasteiger partial charge in [-0.3, -0.25) is 9.47 Å². The Hall–Kier alpha value is -3.73. The molecular weight excluding hydrogens is 527 g/mol. The van der Waals surface area contributed by atoms with Crippen LogP contribution >= 0.6 is 11.6 Å². The van der Waals surface area contributed by atoms with Gasteiger partial charge < -0.3 is 19.0 Å². The number of ether oxygens (including phenoxy) is 2. The van der Waals surface area contributed by atoms with Crippen LogP contribution in [0.5, 0.6) is 5.88 Å². The van der Waals surface area contributed by atoms with Crippen molar-refractivity contribution in [2.45, 2.75) is 38.6 Å². The molecule has 202 valence electrons. The van der Waals surface area contributed by atoms with Gasteiger partial charge in [-0.05, 0) is 36.6 Å². The van der Waals surface area contributed by atoms with E-state index in [-0.39, 0.29) is 18.5 Å². The smallest absolute Gasteiger partial charge is 0.371 e. The van der Waals surface area contributed by atoms with Crippen LogP contribution in [-0.4, -0.2) is 56.3 Å². The number of pyridine rings is 1. The molecule has 3 aromatic heterocycles. The van der Waals surface area contributed by atoms with E-state index in [4.69, 9.17) is 30.5 Å². The van der Waals surface area contributed by atoms with E-state index in [1.54, 1.807) is 18.2 Å². The summed E-state index contributed by atoms with van der Waals surface area (Å²) in [6, 6.07) is 11.5. The number of aromatic nitrogens is 3. The van der Waals surface area contributed by atoms with Gasteiger partial charge in [-0.2, -0.15) is 0 Å². The summed E-state index contributed by atoms with van der Waals surface area (Å²) >= 11 is 5.83. The van der Waals surface area contributed by atoms with Gasteiger partial charge in [-0.1, -0.05) is 29.8 Å². The number of fused-ring (bicyclic) bond motifs is 1. The summed E-state index contributed by atoms with van der Waals surface area (Å²) in [7, 11) is 0. The normalized spacial score (nSPS) is 17.7. The zero-order chi connectivity index (χ0) is 26.9. The average molecular weight is 553 g/mol. The predicted octanol–water partition coefficient (Wildman–Crippen LogP) is 5.17. The summed E-state index contributed by atoms with van der Waals surface area (Å²) in [5, 5.41) is 9.64. The number of aromatic carboxylic acids is 1. The molecular formula is C28H26ClFN4O5. The van der Waals surface area contributed by atoms with E-state index < -0.39 is 11.8 Å². The number of hydrogen-bond acceptors (Lipinski definition) is 7. The monoisotopic (exact) mass is 552 g/mol. The number of carboxylic acid groups (broad SMARTS) is 1. The SMILES string of the molecule is O=C(O)c1cc2nc(CN3CC=C(c4cccc(OCc5ccc(Cl)cc5F)n4)CC3)n(C[C@@H]3CCO3)c2o1. The van der Waals surface area contributed by atoms with Crippen LogP contribution < -0.4 is 4.74 Å². The standard InChI is InChI=1S/C28H26ClFN4O5/c29-19-5-4-18(21(30)12-19)16-38-26-3-1-2-22(32-26)17-6-9-33(10-7-17)15-25-31-23-13-24(28(35)36)39-27(23)34(25)14-20-8-11-37-20/h1-6,12-13,20H,7-11,14-16H2,(H,35,36)/t20-/m0/s1. The van der Waals surface area contributed by atoms with Crippen molar-refractivity contribution in [3.8, 4) is 5.88 Å². The van der Waals surface area contributed by atoms with Gasteiger partial charge in [0.25, 0.3) is 0 Å². The molecule has 0 amide bonds. The van der Waals surface area contributed by atoms with Gasteiger partial charge in [0.1, 0.15) is 23.8 Å². The highest BCUT2D eigenvalue weighted by atomic mass is 35.5. The Morgan fingerprint density at radius 3 is 2.82 bits per heavy atom. The number of carbonyl (C=O) groups is 1. The maximum atomic E-state index is 14.1. The van der Waals surface area contributed by atoms with E-state index in [1.807, 2.05) is 16.7 Å². The first-order valence-corrected chi connectivity index (χ1v) is 13.1. The maximum absolute atomic E-state index is 14.1. The summed E-state index contributed by atoms with van der Waals surface area (Å²) < 4.78 is 33.0. The molecule has 6 rings (SSSR count). The van der Waals surface area contributed by atoms with Crippen molar-refractivity contribution >= 4 is 34.4 Å². The van der Waals surface area contributed by atoms with Crippen LogP contribution in [0, 0.1) is 5.82 Å². The van der Waals surface area contributed by atoms with Crippen LogP contribution in [0.4, 0.5) is 4.39 Å². The molecule has 0 saturated carbocycles. The lowest BCUT2D eigenvalue weighted by Crippen LogP contribution is -2.33. The highest BCUT2D eigenvalue weighted by Gasteiger charge is 2.26. The molecule has 4 aromatic rings. The van der Waals surface area contributed by atoms with E-state index in [1.165, 1.54) is 12.1 Å². The molecule has 0 aliphatic carbocycles. The molecule has 0 unspecified atom stereocenters. The summed E-state index contributed by atoms with van der Waals surface area (Å²) in [5.74, 6) is -0.408. The van der Waals surface area contributed by atoms with Crippen LogP contribution in [0.25, 0.3) is 16.8 Å². The van der Waals surface area contributed by atoms with E-state index in [2.05, 4.69) is 16.0 Å². The number of nitrogens with zero attached hydrogens (tertiary/aromatic N) is 4. The Morgan fingerprint density at radius 1 is 1.23 bits per heavy atom. The first-order chi connectivity index (χ1) is 18.9. The second-order valence-electron chi connectivity index (χ2n) is 9.63. The van der Waals surface area contributed by atoms with E-state index in [0.717, 1.165) is 43.1 Å². The van der Waals surface area contributed by atoms with Gasteiger partial charge in [0.2, 0.25) is 17.4 Å². The zero-order valence-electron chi connectivity index (χ0n) is 21.0. The second kappa shape index (κ2) is 10.8. The number of furan rings is 1. The molecule has 5 heterocycles. The van der Waals surface area contributed by atoms with Crippen LogP contribution in [-0.2, 0) is 24.4 Å². The molecule has 0 spiro atoms. The Morgan fingerprint density at radius 2 is 2.10 bits per heavy atom. The summed E-state index contributed by atoms with van der Waals surface area (Å²) in [4.78, 5) is 22.9. The quantitative estimate of drug-likeness (QED) is 0.303. The molecule has 2 aliphatic rings. The van der Waals surface area contributed by atoms with E-state index >= 15 is 0 Å². The van der Waals surface area contributed by atoms with Crippen LogP contribution in [0.15, 0.2) is 53.0 Å². The molecule has 1 N–H and O–H groups in total. The molecule has 1 fully saturated rings. The van der Waals surface area contributed by atoms with Crippen molar-refractivity contribution in [3.63, 3.8) is 0 Å². The third kappa shape index (κ3) is 5.54. The molecule has 1 saturated heterocycles. The van der Waals surface area contributed by atoms with Crippen LogP contribution in [0.1, 0.15) is 40.5 Å². The minimum Gasteiger partial charge on any atom is -0.475 e. The fourth-order valence-electron chi connectivity index (χ4n) is 4.76. The van der Waals surface area contributed by atoms with E-state index in [9.17, 15) is 14.3 Å². The fraction of sp³-hybridized carbons (Fsp3) is 0.321. The molecule has 11 heteroatoms. The molecule has 0 radical (unpaired) electrons. The van der Waals surface area contributed by atoms with Crippen molar-refractivity contribution in [2.24, 2.45) is 0 Å². The summed E-state index contributed by atoms with van der Waals surface area (Å²) in [6.45, 7) is 3.45. The fourth-order valence-corrected chi connectivity index (χ4v) is 4.92. The molecule has 2 aliphatic heterocycles. The lowest BCUT2D eigenvalue weighted by Gasteiger charge is -2.29. The van der Waals surface area contributed by atoms with Crippen molar-refractivity contribution < 1.29 is 28.2 Å². The Bertz CT molecular complexity index is 1560. The maximum Gasteiger partial charge on any atom is 0.371 e. The number of rotatable bonds is 9. The molecule has 39 heavy (non-hydrogen) atoms. The van der Waals surface area contributed by atoms with Gasteiger partial charge in [-0.25, -0.2) is 19.2 Å². The molecule has 9 nitrogen and oxygen atoms in total. The number of benzene rings is 1. The van der Waals surface area contributed by atoms with E-state index in [0.29, 0.717) is 47.3 Å². The lowest BCUT2D eigenvalue weighted by atomic mass is 10.0. The number of carboxylic acids is 1. The Balaban J connectivity index is 1.13. The second-order valence-corrected chi connectivity index (χ2v) is 10.1. The largest absolute Gasteiger partial charge is 0.475 e. The third-order valence-corrected chi connectivity index (χ3v) is 7.23. The first kappa shape index (κ1) is 25.5.